The Kier molecular flexibility index (Phi) is 7.34. The quantitative estimate of drug-likeness (QED) is 0.260. The van der Waals surface area contributed by atoms with Gasteiger partial charge in [-0.3, -0.25) is 9.59 Å². The first-order chi connectivity index (χ1) is 18.2. The van der Waals surface area contributed by atoms with Gasteiger partial charge in [-0.2, -0.15) is 0 Å². The van der Waals surface area contributed by atoms with Crippen LogP contribution in [0.3, 0.4) is 0 Å². The van der Waals surface area contributed by atoms with Crippen LogP contribution in [0.2, 0.25) is 5.02 Å². The lowest BCUT2D eigenvalue weighted by Gasteiger charge is -2.19. The number of carbonyl (C=O) groups excluding carboxylic acids is 2. The van der Waals surface area contributed by atoms with Gasteiger partial charge < -0.3 is 25.6 Å². The molecule has 2 aromatic carbocycles. The number of benzene rings is 2. The van der Waals surface area contributed by atoms with Crippen LogP contribution in [0.1, 0.15) is 40.2 Å². The van der Waals surface area contributed by atoms with Gasteiger partial charge in [0, 0.05) is 30.0 Å². The first kappa shape index (κ1) is 26.1. The molecule has 0 aliphatic carbocycles. The van der Waals surface area contributed by atoms with E-state index in [1.807, 2.05) is 0 Å². The predicted octanol–water partition coefficient (Wildman–Crippen LogP) is 4.60. The lowest BCUT2D eigenvalue weighted by atomic mass is 9.94. The maximum atomic E-state index is 14.2. The Labute approximate surface area is 223 Å². The molecule has 0 spiro atoms. The third-order valence-electron chi connectivity index (χ3n) is 6.80. The van der Waals surface area contributed by atoms with Crippen LogP contribution in [-0.4, -0.2) is 59.1 Å². The van der Waals surface area contributed by atoms with E-state index in [1.165, 1.54) is 6.07 Å². The molecule has 1 saturated heterocycles. The van der Waals surface area contributed by atoms with Crippen molar-refractivity contribution in [3.8, 4) is 11.1 Å². The van der Waals surface area contributed by atoms with Gasteiger partial charge >= 0.3 is 0 Å². The van der Waals surface area contributed by atoms with Gasteiger partial charge in [-0.1, -0.05) is 23.7 Å². The molecule has 1 aromatic heterocycles. The van der Waals surface area contributed by atoms with Crippen molar-refractivity contribution in [3.05, 3.63) is 75.6 Å². The first-order valence-electron chi connectivity index (χ1n) is 12.4. The van der Waals surface area contributed by atoms with Gasteiger partial charge in [0.1, 0.15) is 0 Å². The zero-order chi connectivity index (χ0) is 27.0. The second-order valence-electron chi connectivity index (χ2n) is 9.65. The maximum Gasteiger partial charge on any atom is 0.256 e. The number of nitrogens with one attached hydrogen (secondary N) is 3. The van der Waals surface area contributed by atoms with Gasteiger partial charge in [-0.25, -0.2) is 8.78 Å². The van der Waals surface area contributed by atoms with Crippen LogP contribution < -0.4 is 10.6 Å². The molecule has 0 bridgehead atoms. The minimum atomic E-state index is -1.14. The van der Waals surface area contributed by atoms with E-state index in [2.05, 4.69) is 20.5 Å². The SMILES string of the molecule is Cc1cc(C(=O)NCC(O)CN2CCCC2)c(C=C2C(=O)Nc3cccc(-c4cc(F)c(F)c(Cl)c4)c32)[nH]1. The lowest BCUT2D eigenvalue weighted by molar-refractivity contribution is -0.110. The lowest BCUT2D eigenvalue weighted by Crippen LogP contribution is -2.39. The van der Waals surface area contributed by atoms with Crippen molar-refractivity contribution in [1.82, 2.24) is 15.2 Å². The Morgan fingerprint density at radius 2 is 2.00 bits per heavy atom. The number of β-amino-alcohol motifs (C(OH)–C–C–N with tert-alkyl or cyclic N) is 1. The molecule has 10 heteroatoms. The number of aromatic nitrogens is 1. The molecule has 2 amide bonds. The van der Waals surface area contributed by atoms with Crippen molar-refractivity contribution < 1.29 is 23.5 Å². The first-order valence-corrected chi connectivity index (χ1v) is 12.8. The predicted molar refractivity (Wildman–Crippen MR) is 143 cm³/mol. The highest BCUT2D eigenvalue weighted by molar-refractivity contribution is 6.36. The van der Waals surface area contributed by atoms with E-state index in [1.54, 1.807) is 37.3 Å². The molecule has 5 rings (SSSR count). The third-order valence-corrected chi connectivity index (χ3v) is 7.08. The Bertz CT molecular complexity index is 1420. The van der Waals surface area contributed by atoms with Crippen molar-refractivity contribution in [1.29, 1.82) is 0 Å². The van der Waals surface area contributed by atoms with E-state index in [4.69, 9.17) is 11.6 Å². The van der Waals surface area contributed by atoms with Crippen LogP contribution >= 0.6 is 11.6 Å². The Hall–Kier alpha value is -3.53. The summed E-state index contributed by atoms with van der Waals surface area (Å²) in [4.78, 5) is 31.3. The molecule has 198 valence electrons. The fourth-order valence-electron chi connectivity index (χ4n) is 5.03. The summed E-state index contributed by atoms with van der Waals surface area (Å²) in [6, 6.07) is 9.09. The number of carbonyl (C=O) groups is 2. The number of aromatic amines is 1. The zero-order valence-electron chi connectivity index (χ0n) is 20.7. The molecule has 1 fully saturated rings. The summed E-state index contributed by atoms with van der Waals surface area (Å²) in [6.07, 6.45) is 3.09. The van der Waals surface area contributed by atoms with E-state index >= 15 is 0 Å². The van der Waals surface area contributed by atoms with Crippen LogP contribution in [0, 0.1) is 18.6 Å². The van der Waals surface area contributed by atoms with Crippen molar-refractivity contribution in [2.75, 3.05) is 31.5 Å². The average Bonchev–Trinajstić information content (AvgIpc) is 3.60. The smallest absolute Gasteiger partial charge is 0.256 e. The normalized spacial score (nSPS) is 17.1. The standard InChI is InChI=1S/C28H27ClF2N4O3/c1-15-9-19(27(37)32-13-17(36)14-35-7-2-3-8-35)24(33-15)12-20-25-18(5-4-6-23(25)34-28(20)38)16-10-21(29)26(31)22(30)11-16/h4-6,9-12,17,33,36H,2-3,7-8,13-14H2,1H3,(H,32,37)(H,34,38). The van der Waals surface area contributed by atoms with E-state index in [0.29, 0.717) is 45.9 Å². The number of anilines is 1. The van der Waals surface area contributed by atoms with Gasteiger partial charge in [-0.15, -0.1) is 0 Å². The number of hydrogen-bond donors (Lipinski definition) is 4. The van der Waals surface area contributed by atoms with Gasteiger partial charge in [0.25, 0.3) is 11.8 Å². The van der Waals surface area contributed by atoms with E-state index in [-0.39, 0.29) is 23.0 Å². The van der Waals surface area contributed by atoms with Crippen LogP contribution in [0.25, 0.3) is 22.8 Å². The summed E-state index contributed by atoms with van der Waals surface area (Å²) < 4.78 is 28.0. The minimum Gasteiger partial charge on any atom is -0.390 e. The monoisotopic (exact) mass is 540 g/mol. The average molecular weight is 541 g/mol. The van der Waals surface area contributed by atoms with Crippen LogP contribution in [0.5, 0.6) is 0 Å². The van der Waals surface area contributed by atoms with Gasteiger partial charge in [0.15, 0.2) is 11.6 Å². The molecule has 7 nitrogen and oxygen atoms in total. The van der Waals surface area contributed by atoms with Crippen LogP contribution in [-0.2, 0) is 4.79 Å². The number of aliphatic hydroxyl groups is 1. The van der Waals surface area contributed by atoms with Crippen molar-refractivity contribution >= 4 is 40.8 Å². The highest BCUT2D eigenvalue weighted by Gasteiger charge is 2.29. The van der Waals surface area contributed by atoms with Gasteiger partial charge in [-0.05, 0) is 74.3 Å². The minimum absolute atomic E-state index is 0.0972. The summed E-state index contributed by atoms with van der Waals surface area (Å²) in [5.41, 5.74) is 3.45. The highest BCUT2D eigenvalue weighted by Crippen LogP contribution is 2.41. The van der Waals surface area contributed by atoms with Gasteiger partial charge in [0.05, 0.1) is 28.0 Å². The summed E-state index contributed by atoms with van der Waals surface area (Å²) >= 11 is 5.89. The summed E-state index contributed by atoms with van der Waals surface area (Å²) in [7, 11) is 0. The molecule has 0 saturated carbocycles. The number of aryl methyl sites for hydroxylation is 1. The summed E-state index contributed by atoms with van der Waals surface area (Å²) in [6.45, 7) is 4.28. The molecule has 0 radical (unpaired) electrons. The van der Waals surface area contributed by atoms with E-state index in [9.17, 15) is 23.5 Å². The number of nitrogens with zero attached hydrogens (tertiary/aromatic N) is 1. The Morgan fingerprint density at radius 1 is 1.24 bits per heavy atom. The number of likely N-dealkylation sites (tertiary alicyclic amines) is 1. The molecule has 1 unspecified atom stereocenters. The molecule has 1 atom stereocenters. The molecule has 3 aromatic rings. The number of amides is 2. The fourth-order valence-corrected chi connectivity index (χ4v) is 5.24. The zero-order valence-corrected chi connectivity index (χ0v) is 21.5. The topological polar surface area (TPSA) is 97.5 Å². The fraction of sp³-hybridized carbons (Fsp3) is 0.286. The second-order valence-corrected chi connectivity index (χ2v) is 10.1. The Balaban J connectivity index is 1.45. The number of H-pyrrole nitrogens is 1. The molecule has 2 aliphatic rings. The number of halogens is 3. The third kappa shape index (κ3) is 5.22. The van der Waals surface area contributed by atoms with Crippen LogP contribution in [0.15, 0.2) is 36.4 Å². The molecule has 4 N–H and O–H groups in total. The number of fused-ring (bicyclic) bond motifs is 1. The van der Waals surface area contributed by atoms with Crippen LogP contribution in [0.4, 0.5) is 14.5 Å². The van der Waals surface area contributed by atoms with E-state index < -0.39 is 23.6 Å². The number of aliphatic hydroxyl groups excluding tert-OH is 1. The molecule has 3 heterocycles. The maximum absolute atomic E-state index is 14.2. The second kappa shape index (κ2) is 10.7. The number of rotatable bonds is 7. The van der Waals surface area contributed by atoms with Gasteiger partial charge in [0.2, 0.25) is 0 Å². The van der Waals surface area contributed by atoms with Crippen molar-refractivity contribution in [3.63, 3.8) is 0 Å². The molecular formula is C28H27ClF2N4O3. The van der Waals surface area contributed by atoms with Crippen molar-refractivity contribution in [2.45, 2.75) is 25.9 Å². The van der Waals surface area contributed by atoms with Crippen molar-refractivity contribution in [2.24, 2.45) is 0 Å². The Morgan fingerprint density at radius 3 is 2.74 bits per heavy atom. The molecule has 38 heavy (non-hydrogen) atoms. The number of hydrogen-bond acceptors (Lipinski definition) is 4. The molecule has 2 aliphatic heterocycles. The highest BCUT2D eigenvalue weighted by atomic mass is 35.5. The summed E-state index contributed by atoms with van der Waals surface area (Å²) in [5.74, 6) is -3.03. The van der Waals surface area contributed by atoms with E-state index in [0.717, 1.165) is 32.0 Å². The summed E-state index contributed by atoms with van der Waals surface area (Å²) in [5, 5.41) is 15.6. The molecular weight excluding hydrogens is 514 g/mol. The largest absolute Gasteiger partial charge is 0.390 e.